The molecule has 0 amide bonds. The van der Waals surface area contributed by atoms with Crippen molar-refractivity contribution in [3.63, 3.8) is 0 Å². The number of piperidine rings is 1. The number of rotatable bonds is 7. The number of likely N-dealkylation sites (tertiary alicyclic amines) is 1. The Morgan fingerprint density at radius 1 is 1.13 bits per heavy atom. The van der Waals surface area contributed by atoms with Crippen molar-refractivity contribution in [1.82, 2.24) is 44.5 Å². The van der Waals surface area contributed by atoms with Gasteiger partial charge in [-0.05, 0) is 45.8 Å². The van der Waals surface area contributed by atoms with Crippen LogP contribution in [0, 0.1) is 6.04 Å². The van der Waals surface area contributed by atoms with E-state index in [1.165, 1.54) is 12.1 Å². The van der Waals surface area contributed by atoms with E-state index >= 15 is 0 Å². The highest BCUT2D eigenvalue weighted by atomic mass is 19.4. The van der Waals surface area contributed by atoms with Crippen molar-refractivity contribution in [3.8, 4) is 17.1 Å². The van der Waals surface area contributed by atoms with Gasteiger partial charge in [-0.3, -0.25) is 9.58 Å². The molecule has 0 bridgehead atoms. The van der Waals surface area contributed by atoms with Crippen molar-refractivity contribution in [1.29, 1.82) is 0 Å². The Hall–Kier alpha value is -3.58. The van der Waals surface area contributed by atoms with Crippen LogP contribution in [-0.2, 0) is 12.7 Å². The van der Waals surface area contributed by atoms with Crippen molar-refractivity contribution in [2.45, 2.75) is 50.6 Å². The zero-order valence-electron chi connectivity index (χ0n) is 21.7. The Balaban J connectivity index is 1.03. The van der Waals surface area contributed by atoms with E-state index in [1.54, 1.807) is 25.3 Å². The Kier molecular flexibility index (Phi) is 6.71. The summed E-state index contributed by atoms with van der Waals surface area (Å²) in [5.74, 6) is -1.17. The third kappa shape index (κ3) is 5.46. The molecule has 205 valence electrons. The molecule has 4 aromatic heterocycles. The summed E-state index contributed by atoms with van der Waals surface area (Å²) < 4.78 is 47.8. The van der Waals surface area contributed by atoms with Gasteiger partial charge in [0.15, 0.2) is 0 Å². The number of hydrogen-bond acceptors (Lipinski definition) is 8. The van der Waals surface area contributed by atoms with Crippen LogP contribution >= 0.6 is 0 Å². The quantitative estimate of drug-likeness (QED) is 0.378. The number of alkyl halides is 3. The molecule has 6 rings (SSSR count). The monoisotopic (exact) mass is 540 g/mol. The smallest absolute Gasteiger partial charge is 0.451 e. The van der Waals surface area contributed by atoms with E-state index in [-0.39, 0.29) is 24.2 Å². The molecule has 1 N–H and O–H groups in total. The van der Waals surface area contributed by atoms with Crippen LogP contribution in [0.1, 0.15) is 37.2 Å². The number of aromatic amines is 1. The summed E-state index contributed by atoms with van der Waals surface area (Å²) in [7, 11) is 3.55. The van der Waals surface area contributed by atoms with Gasteiger partial charge in [-0.15, -0.1) is 0 Å². The molecule has 2 aliphatic rings. The van der Waals surface area contributed by atoms with Crippen LogP contribution in [0.15, 0.2) is 37.1 Å². The van der Waals surface area contributed by atoms with E-state index < -0.39 is 12.0 Å². The molecule has 0 spiro atoms. The molecule has 1 saturated heterocycles. The van der Waals surface area contributed by atoms with E-state index in [0.29, 0.717) is 6.04 Å². The topological polar surface area (TPSA) is 101 Å². The molecule has 13 heteroatoms. The van der Waals surface area contributed by atoms with Crippen molar-refractivity contribution in [3.05, 3.63) is 54.6 Å². The predicted octanol–water partition coefficient (Wildman–Crippen LogP) is 3.78. The fourth-order valence-electron chi connectivity index (χ4n) is 5.24. The highest BCUT2D eigenvalue weighted by Crippen LogP contribution is 2.37. The zero-order chi connectivity index (χ0) is 27.1. The number of aromatic nitrogens is 7. The van der Waals surface area contributed by atoms with E-state index in [2.05, 4.69) is 34.9 Å². The number of ether oxygens (including phenoxy) is 1. The van der Waals surface area contributed by atoms with Gasteiger partial charge in [0, 0.05) is 55.1 Å². The fourth-order valence-corrected chi connectivity index (χ4v) is 5.24. The molecule has 1 aliphatic heterocycles. The summed E-state index contributed by atoms with van der Waals surface area (Å²) in [6.45, 7) is 1.91. The average molecular weight is 541 g/mol. The van der Waals surface area contributed by atoms with Gasteiger partial charge in [-0.1, -0.05) is 0 Å². The minimum Gasteiger partial charge on any atom is -0.474 e. The van der Waals surface area contributed by atoms with Gasteiger partial charge in [0.2, 0.25) is 11.7 Å². The molecule has 0 aromatic carbocycles. The third-order valence-electron chi connectivity index (χ3n) is 7.24. The maximum absolute atomic E-state index is 13.3. The van der Waals surface area contributed by atoms with Crippen LogP contribution in [-0.4, -0.2) is 83.8 Å². The van der Waals surface area contributed by atoms with Crippen LogP contribution in [0.4, 0.5) is 13.2 Å². The minimum atomic E-state index is -4.62. The second-order valence-corrected chi connectivity index (χ2v) is 10.4. The van der Waals surface area contributed by atoms with Gasteiger partial charge in [-0.2, -0.15) is 23.3 Å². The molecule has 39 heavy (non-hydrogen) atoms. The molecule has 1 radical (unpaired) electrons. The summed E-state index contributed by atoms with van der Waals surface area (Å²) in [5.41, 5.74) is 2.88. The number of halogens is 3. The SMILES string of the molecule is CN(C)Cc1cc(OC2CCN(C3C[C](n4cc(-c5ncnc6[nH]ccc56)cn4)C3)CC2)nc(C(F)(F)F)n1. The van der Waals surface area contributed by atoms with Gasteiger partial charge < -0.3 is 14.6 Å². The van der Waals surface area contributed by atoms with E-state index in [0.717, 1.165) is 61.1 Å². The number of hydrogen-bond donors (Lipinski definition) is 1. The lowest BCUT2D eigenvalue weighted by molar-refractivity contribution is -0.145. The van der Waals surface area contributed by atoms with E-state index in [9.17, 15) is 13.2 Å². The molecule has 10 nitrogen and oxygen atoms in total. The second-order valence-electron chi connectivity index (χ2n) is 10.4. The van der Waals surface area contributed by atoms with E-state index in [1.807, 2.05) is 29.3 Å². The van der Waals surface area contributed by atoms with Crippen LogP contribution in [0.2, 0.25) is 0 Å². The van der Waals surface area contributed by atoms with Crippen LogP contribution < -0.4 is 4.74 Å². The van der Waals surface area contributed by atoms with Gasteiger partial charge >= 0.3 is 6.18 Å². The molecule has 0 unspecified atom stereocenters. The summed E-state index contributed by atoms with van der Waals surface area (Å²) >= 11 is 0. The summed E-state index contributed by atoms with van der Waals surface area (Å²) in [6.07, 6.45) is 5.74. The predicted molar refractivity (Wildman–Crippen MR) is 136 cm³/mol. The van der Waals surface area contributed by atoms with Crippen molar-refractivity contribution in [2.75, 3.05) is 27.2 Å². The Morgan fingerprint density at radius 3 is 2.67 bits per heavy atom. The van der Waals surface area contributed by atoms with Crippen LogP contribution in [0.25, 0.3) is 22.3 Å². The molecule has 1 aliphatic carbocycles. The molecular formula is C26H29F3N9O. The molecule has 4 aromatic rings. The first-order chi connectivity index (χ1) is 18.7. The molecule has 0 atom stereocenters. The van der Waals surface area contributed by atoms with E-state index in [4.69, 9.17) is 4.74 Å². The highest BCUT2D eigenvalue weighted by molar-refractivity contribution is 5.90. The van der Waals surface area contributed by atoms with Crippen molar-refractivity contribution < 1.29 is 17.9 Å². The van der Waals surface area contributed by atoms with Crippen molar-refractivity contribution >= 4 is 11.0 Å². The molecule has 2 fully saturated rings. The number of nitrogens with zero attached hydrogens (tertiary/aromatic N) is 8. The standard InChI is InChI=1S/C26H29F3N9O/c1-36(2)14-17-9-22(35-25(34-17)26(27,28)29)39-20-4-7-37(8-5-20)18-10-19(11-18)38-13-16(12-33-38)23-21-3-6-30-24(21)32-15-31-23/h3,6,9,12-13,15,18,20H,4-5,7-8,10-11,14H2,1-2H3,(H,30,31,32). The first kappa shape index (κ1) is 25.7. The maximum Gasteiger partial charge on any atom is 0.451 e. The lowest BCUT2D eigenvalue weighted by atomic mass is 9.84. The maximum atomic E-state index is 13.3. The van der Waals surface area contributed by atoms with Crippen LogP contribution in [0.5, 0.6) is 5.88 Å². The summed E-state index contributed by atoms with van der Waals surface area (Å²) in [6, 6.07) is 5.14. The molecular weight excluding hydrogens is 511 g/mol. The number of H-pyrrole nitrogens is 1. The van der Waals surface area contributed by atoms with Crippen molar-refractivity contribution in [2.24, 2.45) is 0 Å². The largest absolute Gasteiger partial charge is 0.474 e. The normalized spacial score (nSPS) is 18.2. The molecule has 5 heterocycles. The lowest BCUT2D eigenvalue weighted by Gasteiger charge is -2.45. The summed E-state index contributed by atoms with van der Waals surface area (Å²) in [4.78, 5) is 23.3. The first-order valence-corrected chi connectivity index (χ1v) is 12.9. The van der Waals surface area contributed by atoms with Gasteiger partial charge in [0.25, 0.3) is 0 Å². The Bertz CT molecular complexity index is 1440. The lowest BCUT2D eigenvalue weighted by Crippen LogP contribution is -2.50. The second kappa shape index (κ2) is 10.2. The summed E-state index contributed by atoms with van der Waals surface area (Å²) in [5, 5.41) is 5.53. The van der Waals surface area contributed by atoms with Gasteiger partial charge in [-0.25, -0.2) is 15.0 Å². The number of nitrogens with one attached hydrogen (secondary N) is 1. The van der Waals surface area contributed by atoms with Crippen LogP contribution in [0.3, 0.4) is 0 Å². The number of fused-ring (bicyclic) bond motifs is 1. The van der Waals surface area contributed by atoms with Gasteiger partial charge in [0.1, 0.15) is 18.1 Å². The van der Waals surface area contributed by atoms with Gasteiger partial charge in [0.05, 0.1) is 23.6 Å². The first-order valence-electron chi connectivity index (χ1n) is 12.9. The zero-order valence-corrected chi connectivity index (χ0v) is 21.7. The Morgan fingerprint density at radius 2 is 1.92 bits per heavy atom. The Labute approximate surface area is 223 Å². The highest BCUT2D eigenvalue weighted by Gasteiger charge is 2.39. The third-order valence-corrected chi connectivity index (χ3v) is 7.24. The average Bonchev–Trinajstić information content (AvgIpc) is 3.53. The fraction of sp³-hybridized carbons (Fsp3) is 0.462. The minimum absolute atomic E-state index is 0.0121. The molecule has 1 saturated carbocycles.